The van der Waals surface area contributed by atoms with E-state index in [-0.39, 0.29) is 43.6 Å². The number of nitrogens with one attached hydrogen (secondary N) is 2. The number of hydrogen-bond acceptors (Lipinski definition) is 4. The molecule has 0 radical (unpaired) electrons. The number of rotatable bonds is 4. The highest BCUT2D eigenvalue weighted by atomic mass is 19.4. The largest absolute Gasteiger partial charge is 0.435 e. The van der Waals surface area contributed by atoms with E-state index >= 15 is 0 Å². The van der Waals surface area contributed by atoms with Crippen LogP contribution in [0.2, 0.25) is 0 Å². The molecule has 2 heterocycles. The number of carbonyl (C=O) groups excluding carboxylic acids is 2. The lowest BCUT2D eigenvalue weighted by Gasteiger charge is -2.17. The Kier molecular flexibility index (Phi) is 5.55. The van der Waals surface area contributed by atoms with Crippen molar-refractivity contribution in [2.24, 2.45) is 13.0 Å². The first-order valence-electron chi connectivity index (χ1n) is 7.63. The van der Waals surface area contributed by atoms with Crippen molar-refractivity contribution < 1.29 is 27.9 Å². The summed E-state index contributed by atoms with van der Waals surface area (Å²) in [6, 6.07) is 0.348. The molecule has 3 amide bonds. The van der Waals surface area contributed by atoms with Gasteiger partial charge in [-0.05, 0) is 6.07 Å². The van der Waals surface area contributed by atoms with Crippen molar-refractivity contribution in [2.75, 3.05) is 20.1 Å². The van der Waals surface area contributed by atoms with Crippen molar-refractivity contribution in [3.63, 3.8) is 0 Å². The number of nitrogens with zero attached hydrogens (tertiary/aromatic N) is 3. The van der Waals surface area contributed by atoms with E-state index in [1.54, 1.807) is 0 Å². The molecule has 0 aliphatic carbocycles. The number of hydrogen-bond donors (Lipinski definition) is 3. The Morgan fingerprint density at radius 1 is 1.40 bits per heavy atom. The van der Waals surface area contributed by atoms with Gasteiger partial charge in [-0.2, -0.15) is 18.3 Å². The Bertz CT molecular complexity index is 646. The van der Waals surface area contributed by atoms with Crippen LogP contribution < -0.4 is 10.6 Å². The van der Waals surface area contributed by atoms with E-state index in [4.69, 9.17) is 0 Å². The molecule has 25 heavy (non-hydrogen) atoms. The molecule has 140 valence electrons. The number of halogens is 3. The molecule has 0 bridgehead atoms. The molecule has 1 aliphatic heterocycles. The predicted molar refractivity (Wildman–Crippen MR) is 80.2 cm³/mol. The summed E-state index contributed by atoms with van der Waals surface area (Å²) in [4.78, 5) is 24.8. The second-order valence-corrected chi connectivity index (χ2v) is 5.91. The number of likely N-dealkylation sites (tertiary alicyclic amines) is 1. The third kappa shape index (κ3) is 4.62. The van der Waals surface area contributed by atoms with E-state index in [2.05, 4.69) is 15.7 Å². The van der Waals surface area contributed by atoms with Crippen LogP contribution in [0.5, 0.6) is 0 Å². The normalized spacial score (nSPS) is 20.6. The molecule has 1 fully saturated rings. The summed E-state index contributed by atoms with van der Waals surface area (Å²) >= 11 is 0. The van der Waals surface area contributed by atoms with Crippen molar-refractivity contribution in [3.8, 4) is 0 Å². The summed E-state index contributed by atoms with van der Waals surface area (Å²) in [5, 5.41) is 18.3. The second-order valence-electron chi connectivity index (χ2n) is 5.91. The maximum atomic E-state index is 12.6. The second kappa shape index (κ2) is 7.30. The summed E-state index contributed by atoms with van der Waals surface area (Å²) in [7, 11) is 2.84. The minimum absolute atomic E-state index is 0.0622. The monoisotopic (exact) mass is 363 g/mol. The van der Waals surface area contributed by atoms with E-state index < -0.39 is 24.0 Å². The van der Waals surface area contributed by atoms with Crippen molar-refractivity contribution in [1.82, 2.24) is 25.3 Å². The summed E-state index contributed by atoms with van der Waals surface area (Å²) in [6.07, 6.45) is -5.28. The zero-order chi connectivity index (χ0) is 18.8. The van der Waals surface area contributed by atoms with Gasteiger partial charge >= 0.3 is 12.2 Å². The number of aryl methyl sites for hydroxylation is 1. The van der Waals surface area contributed by atoms with Crippen LogP contribution in [0.3, 0.4) is 0 Å². The molecule has 11 heteroatoms. The number of alkyl halides is 3. The van der Waals surface area contributed by atoms with Crippen molar-refractivity contribution in [3.05, 3.63) is 17.5 Å². The molecule has 0 aromatic carbocycles. The van der Waals surface area contributed by atoms with Crippen LogP contribution in [0.25, 0.3) is 0 Å². The smallest absolute Gasteiger partial charge is 0.391 e. The molecule has 8 nitrogen and oxygen atoms in total. The number of β-amino-alcohol motifs (C(OH)–C–C–N with tert-alkyl or cyclic N) is 1. The maximum Gasteiger partial charge on any atom is 0.435 e. The summed E-state index contributed by atoms with van der Waals surface area (Å²) in [5.41, 5.74) is -0.830. The highest BCUT2D eigenvalue weighted by Gasteiger charge is 2.36. The van der Waals surface area contributed by atoms with Crippen LogP contribution in [-0.2, 0) is 24.6 Å². The summed E-state index contributed by atoms with van der Waals surface area (Å²) < 4.78 is 38.9. The Morgan fingerprint density at radius 3 is 2.64 bits per heavy atom. The molecular weight excluding hydrogens is 343 g/mol. The first kappa shape index (κ1) is 19.0. The van der Waals surface area contributed by atoms with Crippen molar-refractivity contribution >= 4 is 11.9 Å². The maximum absolute atomic E-state index is 12.6. The van der Waals surface area contributed by atoms with Gasteiger partial charge in [-0.15, -0.1) is 0 Å². The van der Waals surface area contributed by atoms with Gasteiger partial charge in [-0.3, -0.25) is 9.48 Å². The molecule has 2 atom stereocenters. The minimum Gasteiger partial charge on any atom is -0.391 e. The van der Waals surface area contributed by atoms with Crippen molar-refractivity contribution in [2.45, 2.75) is 25.2 Å². The van der Waals surface area contributed by atoms with Gasteiger partial charge in [0.1, 0.15) is 0 Å². The zero-order valence-electron chi connectivity index (χ0n) is 13.8. The Morgan fingerprint density at radius 2 is 2.08 bits per heavy atom. The van der Waals surface area contributed by atoms with Gasteiger partial charge in [0.25, 0.3) is 0 Å². The topological polar surface area (TPSA) is 99.5 Å². The van der Waals surface area contributed by atoms with Crippen LogP contribution in [0, 0.1) is 5.92 Å². The quantitative estimate of drug-likeness (QED) is 0.705. The number of aliphatic hydroxyl groups excluding tert-OH is 1. The third-order valence-corrected chi connectivity index (χ3v) is 4.11. The van der Waals surface area contributed by atoms with Gasteiger partial charge in [0.15, 0.2) is 5.69 Å². The fourth-order valence-corrected chi connectivity index (χ4v) is 2.65. The number of aromatic nitrogens is 2. The SMILES string of the molecule is CNC(=O)C[C@@H]1CN(C(=O)NCc2cc(C(F)(F)F)nn2C)C[C@H]1O. The zero-order valence-corrected chi connectivity index (χ0v) is 13.8. The first-order chi connectivity index (χ1) is 11.6. The molecule has 1 aliphatic rings. The van der Waals surface area contributed by atoms with Gasteiger partial charge in [-0.25, -0.2) is 4.79 Å². The van der Waals surface area contributed by atoms with E-state index in [1.807, 2.05) is 0 Å². The third-order valence-electron chi connectivity index (χ3n) is 4.11. The molecule has 2 rings (SSSR count). The lowest BCUT2D eigenvalue weighted by Crippen LogP contribution is -2.39. The molecule has 1 saturated heterocycles. The van der Waals surface area contributed by atoms with Crippen LogP contribution >= 0.6 is 0 Å². The summed E-state index contributed by atoms with van der Waals surface area (Å²) in [6.45, 7) is 0.122. The van der Waals surface area contributed by atoms with Crippen LogP contribution in [0.1, 0.15) is 17.8 Å². The highest BCUT2D eigenvalue weighted by Crippen LogP contribution is 2.28. The van der Waals surface area contributed by atoms with E-state index in [0.717, 1.165) is 10.7 Å². The molecule has 0 spiro atoms. The molecule has 0 unspecified atom stereocenters. The molecule has 1 aromatic rings. The highest BCUT2D eigenvalue weighted by molar-refractivity contribution is 5.77. The lowest BCUT2D eigenvalue weighted by atomic mass is 10.0. The molecule has 1 aromatic heterocycles. The summed E-state index contributed by atoms with van der Waals surface area (Å²) in [5.74, 6) is -0.611. The Balaban J connectivity index is 1.91. The van der Waals surface area contributed by atoms with Gasteiger partial charge in [0, 0.05) is 39.5 Å². The van der Waals surface area contributed by atoms with Crippen LogP contribution in [-0.4, -0.2) is 58.0 Å². The minimum atomic E-state index is -4.55. The van der Waals surface area contributed by atoms with E-state index in [9.17, 15) is 27.9 Å². The number of amides is 3. The standard InChI is InChI=1S/C14H20F3N5O3/c1-18-12(24)3-8-6-22(7-10(8)23)13(25)19-5-9-4-11(14(15,16)17)20-21(9)2/h4,8,10,23H,3,5-7H2,1-2H3,(H,18,24)(H,19,25)/t8-,10-/m1/s1. The van der Waals surface area contributed by atoms with E-state index in [0.29, 0.717) is 0 Å². The van der Waals surface area contributed by atoms with Gasteiger partial charge in [0.2, 0.25) is 5.91 Å². The Labute approximate surface area is 142 Å². The average Bonchev–Trinajstić information content (AvgIpc) is 3.08. The van der Waals surface area contributed by atoms with Crippen LogP contribution in [0.15, 0.2) is 6.07 Å². The average molecular weight is 363 g/mol. The molecule has 3 N–H and O–H groups in total. The first-order valence-corrected chi connectivity index (χ1v) is 7.63. The van der Waals surface area contributed by atoms with Gasteiger partial charge in [0.05, 0.1) is 18.3 Å². The van der Waals surface area contributed by atoms with E-state index in [1.165, 1.54) is 19.0 Å². The Hall–Kier alpha value is -2.30. The van der Waals surface area contributed by atoms with Crippen LogP contribution in [0.4, 0.5) is 18.0 Å². The fourth-order valence-electron chi connectivity index (χ4n) is 2.65. The van der Waals surface area contributed by atoms with Gasteiger partial charge in [-0.1, -0.05) is 0 Å². The number of urea groups is 1. The fraction of sp³-hybridized carbons (Fsp3) is 0.643. The predicted octanol–water partition coefficient (Wildman–Crippen LogP) is 0.0773. The molecule has 0 saturated carbocycles. The number of carbonyl (C=O) groups is 2. The van der Waals surface area contributed by atoms with Crippen molar-refractivity contribution in [1.29, 1.82) is 0 Å². The lowest BCUT2D eigenvalue weighted by molar-refractivity contribution is -0.141. The van der Waals surface area contributed by atoms with Gasteiger partial charge < -0.3 is 20.6 Å². The molecular formula is C14H20F3N5O3. The number of aliphatic hydroxyl groups is 1.